The maximum Gasteiger partial charge on any atom is 0.255 e. The number of hydrogen-bond donors (Lipinski definition) is 0. The van der Waals surface area contributed by atoms with Crippen molar-refractivity contribution in [2.75, 3.05) is 13.1 Å². The van der Waals surface area contributed by atoms with E-state index in [-0.39, 0.29) is 33.7 Å². The molecule has 6 heteroatoms. The number of benzene rings is 1. The van der Waals surface area contributed by atoms with E-state index in [1.165, 1.54) is 6.07 Å². The molecule has 0 aromatic heterocycles. The van der Waals surface area contributed by atoms with Gasteiger partial charge in [-0.15, -0.1) is 0 Å². The number of amides is 1. The monoisotopic (exact) mass is 305 g/mol. The lowest BCUT2D eigenvalue weighted by Gasteiger charge is -2.35. The van der Waals surface area contributed by atoms with Crippen LogP contribution in [0.1, 0.15) is 24.2 Å². The summed E-state index contributed by atoms with van der Waals surface area (Å²) in [7, 11) is 0. The first-order valence-electron chi connectivity index (χ1n) is 5.97. The maximum atomic E-state index is 13.5. The number of rotatable bonds is 1. The van der Waals surface area contributed by atoms with Gasteiger partial charge in [0.05, 0.1) is 27.8 Å². The Morgan fingerprint density at radius 3 is 2.42 bits per heavy atom. The highest BCUT2D eigenvalue weighted by atomic mass is 35.5. The zero-order chi connectivity index (χ0) is 14.2. The first kappa shape index (κ1) is 14.6. The predicted molar refractivity (Wildman–Crippen MR) is 72.3 cm³/mol. The van der Waals surface area contributed by atoms with Gasteiger partial charge in [0, 0.05) is 13.1 Å². The molecule has 2 rings (SSSR count). The Morgan fingerprint density at radius 2 is 1.84 bits per heavy atom. The Morgan fingerprint density at radius 1 is 1.26 bits per heavy atom. The van der Waals surface area contributed by atoms with Crippen molar-refractivity contribution in [1.82, 2.24) is 4.90 Å². The molecule has 3 nitrogen and oxygen atoms in total. The molecule has 0 spiro atoms. The van der Waals surface area contributed by atoms with Crippen LogP contribution in [0.3, 0.4) is 0 Å². The van der Waals surface area contributed by atoms with Crippen LogP contribution >= 0.6 is 23.2 Å². The molecule has 104 valence electrons. The smallest absolute Gasteiger partial charge is 0.255 e. The molecular weight excluding hydrogens is 292 g/mol. The molecule has 1 aliphatic rings. The van der Waals surface area contributed by atoms with Gasteiger partial charge in [0.15, 0.2) is 0 Å². The van der Waals surface area contributed by atoms with Crippen molar-refractivity contribution < 1.29 is 13.9 Å². The summed E-state index contributed by atoms with van der Waals surface area (Å²) in [4.78, 5) is 14.0. The van der Waals surface area contributed by atoms with Crippen molar-refractivity contribution in [3.8, 4) is 0 Å². The van der Waals surface area contributed by atoms with Gasteiger partial charge in [-0.25, -0.2) is 4.39 Å². The van der Waals surface area contributed by atoms with Crippen LogP contribution in [-0.2, 0) is 4.74 Å². The lowest BCUT2D eigenvalue weighted by Crippen LogP contribution is -2.48. The Kier molecular flexibility index (Phi) is 4.33. The highest BCUT2D eigenvalue weighted by Gasteiger charge is 2.28. The number of morpholine rings is 1. The molecule has 0 saturated carbocycles. The summed E-state index contributed by atoms with van der Waals surface area (Å²) in [5.41, 5.74) is 0.130. The van der Waals surface area contributed by atoms with Crippen LogP contribution in [-0.4, -0.2) is 36.1 Å². The maximum absolute atomic E-state index is 13.5. The fourth-order valence-electron chi connectivity index (χ4n) is 2.20. The molecule has 0 radical (unpaired) electrons. The minimum atomic E-state index is -0.649. The van der Waals surface area contributed by atoms with E-state index < -0.39 is 5.82 Å². The summed E-state index contributed by atoms with van der Waals surface area (Å²) in [5.74, 6) is -0.952. The third-order valence-corrected chi connectivity index (χ3v) is 3.55. The zero-order valence-electron chi connectivity index (χ0n) is 10.6. The molecule has 1 aliphatic heterocycles. The number of carbonyl (C=O) groups excluding carboxylic acids is 1. The number of carbonyl (C=O) groups is 1. The van der Waals surface area contributed by atoms with E-state index in [0.29, 0.717) is 13.1 Å². The summed E-state index contributed by atoms with van der Waals surface area (Å²) in [6.07, 6.45) is -0.104. The van der Waals surface area contributed by atoms with Crippen molar-refractivity contribution >= 4 is 29.1 Å². The molecule has 1 heterocycles. The molecule has 19 heavy (non-hydrogen) atoms. The number of hydrogen-bond acceptors (Lipinski definition) is 2. The van der Waals surface area contributed by atoms with Crippen LogP contribution in [0.2, 0.25) is 10.0 Å². The predicted octanol–water partition coefficient (Wildman–Crippen LogP) is 3.38. The van der Waals surface area contributed by atoms with Crippen molar-refractivity contribution in [3.63, 3.8) is 0 Å². The van der Waals surface area contributed by atoms with Gasteiger partial charge in [0.25, 0.3) is 5.91 Å². The fourth-order valence-corrected chi connectivity index (χ4v) is 2.66. The van der Waals surface area contributed by atoms with Crippen molar-refractivity contribution in [3.05, 3.63) is 33.6 Å². The molecule has 1 aromatic carbocycles. The van der Waals surface area contributed by atoms with Crippen LogP contribution < -0.4 is 0 Å². The second-order valence-electron chi connectivity index (χ2n) is 4.71. The summed E-state index contributed by atoms with van der Waals surface area (Å²) in [5, 5.41) is 0.0634. The molecule has 0 N–H and O–H groups in total. The van der Waals surface area contributed by atoms with Crippen LogP contribution in [0.4, 0.5) is 4.39 Å². The van der Waals surface area contributed by atoms with Crippen molar-refractivity contribution in [2.45, 2.75) is 26.1 Å². The van der Waals surface area contributed by atoms with Gasteiger partial charge in [0.1, 0.15) is 5.82 Å². The molecule has 0 aliphatic carbocycles. The summed E-state index contributed by atoms with van der Waals surface area (Å²) in [6, 6.07) is 2.33. The molecule has 1 saturated heterocycles. The number of nitrogens with zero attached hydrogens (tertiary/aromatic N) is 1. The van der Waals surface area contributed by atoms with Gasteiger partial charge in [-0.2, -0.15) is 0 Å². The highest BCUT2D eigenvalue weighted by molar-refractivity contribution is 6.36. The molecule has 2 atom stereocenters. The van der Waals surface area contributed by atoms with Gasteiger partial charge >= 0.3 is 0 Å². The number of ether oxygens (including phenoxy) is 1. The normalized spacial score (nSPS) is 23.5. The van der Waals surface area contributed by atoms with Crippen LogP contribution in [0.5, 0.6) is 0 Å². The van der Waals surface area contributed by atoms with E-state index in [2.05, 4.69) is 0 Å². The van der Waals surface area contributed by atoms with Crippen LogP contribution in [0.25, 0.3) is 0 Å². The Balaban J connectivity index is 2.26. The van der Waals surface area contributed by atoms with Crippen LogP contribution in [0, 0.1) is 5.82 Å². The standard InChI is InChI=1S/C13H14Cl2FNO2/c1-7-5-17(6-8(2)19-7)13(18)9-3-12(16)11(15)4-10(9)14/h3-4,7-8H,5-6H2,1-2H3/t7-,8-/m0/s1. The summed E-state index contributed by atoms with van der Waals surface area (Å²) >= 11 is 11.6. The average molecular weight is 306 g/mol. The zero-order valence-corrected chi connectivity index (χ0v) is 12.1. The minimum Gasteiger partial charge on any atom is -0.372 e. The molecule has 1 fully saturated rings. The Bertz CT molecular complexity index is 500. The van der Waals surface area contributed by atoms with E-state index in [4.69, 9.17) is 27.9 Å². The molecule has 1 aromatic rings. The van der Waals surface area contributed by atoms with E-state index >= 15 is 0 Å². The quantitative estimate of drug-likeness (QED) is 0.744. The first-order valence-corrected chi connectivity index (χ1v) is 6.73. The van der Waals surface area contributed by atoms with Gasteiger partial charge < -0.3 is 9.64 Å². The highest BCUT2D eigenvalue weighted by Crippen LogP contribution is 2.26. The largest absolute Gasteiger partial charge is 0.372 e. The summed E-state index contributed by atoms with van der Waals surface area (Å²) < 4.78 is 19.0. The van der Waals surface area contributed by atoms with Gasteiger partial charge in [-0.05, 0) is 26.0 Å². The van der Waals surface area contributed by atoms with Crippen molar-refractivity contribution in [1.29, 1.82) is 0 Å². The van der Waals surface area contributed by atoms with Crippen LogP contribution in [0.15, 0.2) is 12.1 Å². The van der Waals surface area contributed by atoms with E-state index in [0.717, 1.165) is 6.07 Å². The fraction of sp³-hybridized carbons (Fsp3) is 0.462. The first-order chi connectivity index (χ1) is 8.88. The van der Waals surface area contributed by atoms with E-state index in [1.54, 1.807) is 4.90 Å². The molecule has 0 unspecified atom stereocenters. The SMILES string of the molecule is C[C@H]1CN(C(=O)c2cc(F)c(Cl)cc2Cl)C[C@H](C)O1. The van der Waals surface area contributed by atoms with E-state index in [1.807, 2.05) is 13.8 Å². The third kappa shape index (κ3) is 3.19. The average Bonchev–Trinajstić information content (AvgIpc) is 2.31. The second-order valence-corrected chi connectivity index (χ2v) is 5.53. The molecule has 0 bridgehead atoms. The second kappa shape index (κ2) is 5.65. The Labute approximate surface area is 121 Å². The lowest BCUT2D eigenvalue weighted by atomic mass is 10.1. The van der Waals surface area contributed by atoms with E-state index in [9.17, 15) is 9.18 Å². The molecular formula is C13H14Cl2FNO2. The number of halogens is 3. The third-order valence-electron chi connectivity index (χ3n) is 2.95. The van der Waals surface area contributed by atoms with Crippen molar-refractivity contribution in [2.24, 2.45) is 0 Å². The van der Waals surface area contributed by atoms with Gasteiger partial charge in [-0.3, -0.25) is 4.79 Å². The topological polar surface area (TPSA) is 29.5 Å². The summed E-state index contributed by atoms with van der Waals surface area (Å²) in [6.45, 7) is 4.70. The van der Waals surface area contributed by atoms with Gasteiger partial charge in [0.2, 0.25) is 0 Å². The van der Waals surface area contributed by atoms with Gasteiger partial charge in [-0.1, -0.05) is 23.2 Å². The molecule has 1 amide bonds. The lowest BCUT2D eigenvalue weighted by molar-refractivity contribution is -0.0586. The Hall–Kier alpha value is -0.840. The minimum absolute atomic E-state index is 0.0522.